The predicted molar refractivity (Wildman–Crippen MR) is 137 cm³/mol. The summed E-state index contributed by atoms with van der Waals surface area (Å²) in [7, 11) is -9.36. The highest BCUT2D eigenvalue weighted by Gasteiger charge is 2.21. The van der Waals surface area contributed by atoms with Crippen molar-refractivity contribution in [3.05, 3.63) is 35.4 Å². The van der Waals surface area contributed by atoms with Crippen LogP contribution in [0.25, 0.3) is 0 Å². The van der Waals surface area contributed by atoms with Crippen LogP contribution in [0.5, 0.6) is 0 Å². The van der Waals surface area contributed by atoms with Crippen LogP contribution in [-0.4, -0.2) is 76.2 Å². The van der Waals surface area contributed by atoms with Crippen LogP contribution < -0.4 is 9.62 Å². The zero-order chi connectivity index (χ0) is 28.3. The zero-order valence-corrected chi connectivity index (χ0v) is 23.9. The molecule has 206 valence electrons. The Morgan fingerprint density at radius 1 is 0.861 bits per heavy atom. The molecule has 13 nitrogen and oxygen atoms in total. The first-order chi connectivity index (χ1) is 16.6. The van der Waals surface area contributed by atoms with Crippen molar-refractivity contribution in [1.82, 2.24) is 19.7 Å². The molecule has 0 saturated heterocycles. The number of nitrogens with zero attached hydrogens (tertiary/aromatic N) is 4. The Labute approximate surface area is 214 Å². The van der Waals surface area contributed by atoms with Crippen molar-refractivity contribution >= 4 is 36.2 Å². The van der Waals surface area contributed by atoms with Crippen LogP contribution in [0.15, 0.2) is 28.0 Å². The van der Waals surface area contributed by atoms with Gasteiger partial charge >= 0.3 is 0 Å². The van der Waals surface area contributed by atoms with Gasteiger partial charge in [0.05, 0.1) is 16.0 Å². The molecule has 0 atom stereocenters. The molecule has 0 bridgehead atoms. The van der Waals surface area contributed by atoms with E-state index in [-0.39, 0.29) is 36.7 Å². The van der Waals surface area contributed by atoms with Crippen molar-refractivity contribution in [2.45, 2.75) is 56.7 Å². The van der Waals surface area contributed by atoms with Crippen molar-refractivity contribution in [3.8, 4) is 0 Å². The number of aromatic nitrogens is 3. The minimum Gasteiger partial charge on any atom is -0.347 e. The zero-order valence-electron chi connectivity index (χ0n) is 21.4. The van der Waals surface area contributed by atoms with Gasteiger partial charge in [-0.3, -0.25) is 9.11 Å². The molecular weight excluding hydrogens is 534 g/mol. The Morgan fingerprint density at radius 3 is 1.89 bits per heavy atom. The molecule has 1 aromatic heterocycles. The Bertz CT molecular complexity index is 1310. The normalized spacial score (nSPS) is 11.6. The van der Waals surface area contributed by atoms with E-state index in [0.717, 1.165) is 24.5 Å². The fraction of sp³-hybridized carbons (Fsp3) is 0.550. The molecule has 0 aliphatic carbocycles. The molecule has 3 N–H and O–H groups in total. The van der Waals surface area contributed by atoms with Crippen LogP contribution in [0, 0.1) is 0 Å². The van der Waals surface area contributed by atoms with Crippen LogP contribution >= 0.6 is 0 Å². The SMILES string of the molecule is CC.CC.CN(C)c1nc(CCCNS(C)(=O)=O)nc(Cc2cc(S(=O)(=O)O)ccc2S(=O)(=O)O)n1. The van der Waals surface area contributed by atoms with Crippen LogP contribution in [-0.2, 0) is 43.1 Å². The number of rotatable bonds is 10. The second kappa shape index (κ2) is 14.5. The third kappa shape index (κ3) is 11.7. The monoisotopic (exact) mass is 569 g/mol. The minimum absolute atomic E-state index is 0.0761. The summed E-state index contributed by atoms with van der Waals surface area (Å²) in [5, 5.41) is 0. The smallest absolute Gasteiger partial charge is 0.294 e. The van der Waals surface area contributed by atoms with E-state index in [1.807, 2.05) is 27.7 Å². The van der Waals surface area contributed by atoms with Crippen molar-refractivity contribution in [2.75, 3.05) is 31.8 Å². The Balaban J connectivity index is 0.00000291. The molecule has 0 aliphatic rings. The van der Waals surface area contributed by atoms with Gasteiger partial charge in [0.15, 0.2) is 0 Å². The lowest BCUT2D eigenvalue weighted by molar-refractivity contribution is 0.477. The second-order valence-electron chi connectivity index (χ2n) is 7.03. The topological polar surface area (TPSA) is 197 Å². The van der Waals surface area contributed by atoms with Crippen molar-refractivity contribution in [1.29, 1.82) is 0 Å². The predicted octanol–water partition coefficient (Wildman–Crippen LogP) is 1.56. The van der Waals surface area contributed by atoms with Gasteiger partial charge in [-0.25, -0.2) is 18.1 Å². The molecule has 0 spiro atoms. The summed E-state index contributed by atoms with van der Waals surface area (Å²) in [6.07, 6.45) is 1.38. The maximum atomic E-state index is 11.7. The standard InChI is InChI=1S/C16H23N5O8S3.2C2H6/c1-21(2)16-19-14(5-4-8-17-30(3,22)23)18-15(20-16)10-11-9-12(31(24,25)26)6-7-13(11)32(27,28)29;2*1-2/h6-7,9,17H,4-5,8,10H2,1-3H3,(H,24,25,26)(H,27,28,29);2*1-2H3. The fourth-order valence-electron chi connectivity index (χ4n) is 2.63. The molecular formula is C20H35N5O8S3. The summed E-state index contributed by atoms with van der Waals surface area (Å²) in [4.78, 5) is 13.2. The van der Waals surface area contributed by atoms with E-state index < -0.39 is 40.1 Å². The van der Waals surface area contributed by atoms with Crippen LogP contribution in [0.4, 0.5) is 5.95 Å². The van der Waals surface area contributed by atoms with Gasteiger partial charge in [-0.15, -0.1) is 0 Å². The van der Waals surface area contributed by atoms with Crippen LogP contribution in [0.3, 0.4) is 0 Å². The maximum absolute atomic E-state index is 11.7. The number of nitrogens with one attached hydrogen (secondary N) is 1. The summed E-state index contributed by atoms with van der Waals surface area (Å²) >= 11 is 0. The minimum atomic E-state index is -4.71. The number of anilines is 1. The van der Waals surface area contributed by atoms with E-state index >= 15 is 0 Å². The first kappa shape index (κ1) is 33.8. The molecule has 0 aliphatic heterocycles. The van der Waals surface area contributed by atoms with E-state index in [9.17, 15) is 34.4 Å². The van der Waals surface area contributed by atoms with Gasteiger partial charge in [-0.2, -0.15) is 26.8 Å². The van der Waals surface area contributed by atoms with Crippen molar-refractivity contribution in [3.63, 3.8) is 0 Å². The van der Waals surface area contributed by atoms with E-state index in [1.54, 1.807) is 19.0 Å². The summed E-state index contributed by atoms with van der Waals surface area (Å²) in [5.41, 5.74) is -0.150. The molecule has 16 heteroatoms. The Morgan fingerprint density at radius 2 is 1.42 bits per heavy atom. The van der Waals surface area contributed by atoms with E-state index in [1.165, 1.54) is 0 Å². The average Bonchev–Trinajstić information content (AvgIpc) is 2.77. The highest BCUT2D eigenvalue weighted by Crippen LogP contribution is 2.23. The molecule has 0 unspecified atom stereocenters. The highest BCUT2D eigenvalue weighted by molar-refractivity contribution is 7.88. The van der Waals surface area contributed by atoms with E-state index in [4.69, 9.17) is 0 Å². The summed E-state index contributed by atoms with van der Waals surface area (Å²) < 4.78 is 89.8. The molecule has 0 saturated carbocycles. The van der Waals surface area contributed by atoms with E-state index in [0.29, 0.717) is 12.2 Å². The third-order valence-corrected chi connectivity index (χ3v) is 6.55. The van der Waals surface area contributed by atoms with Gasteiger partial charge < -0.3 is 4.90 Å². The second-order valence-corrected chi connectivity index (χ2v) is 11.7. The van der Waals surface area contributed by atoms with Crippen LogP contribution in [0.1, 0.15) is 51.3 Å². The summed E-state index contributed by atoms with van der Waals surface area (Å²) in [6.45, 7) is 8.15. The molecule has 0 radical (unpaired) electrons. The lowest BCUT2D eigenvalue weighted by Gasteiger charge is -2.14. The Kier molecular flexibility index (Phi) is 13.6. The molecule has 1 aromatic carbocycles. The summed E-state index contributed by atoms with van der Waals surface area (Å²) in [6, 6.07) is 2.62. The number of aryl methyl sites for hydroxylation is 1. The molecule has 0 amide bonds. The van der Waals surface area contributed by atoms with Crippen LogP contribution in [0.2, 0.25) is 0 Å². The quantitative estimate of drug-likeness (QED) is 0.276. The number of sulfonamides is 1. The third-order valence-electron chi connectivity index (χ3n) is 4.01. The largest absolute Gasteiger partial charge is 0.347 e. The van der Waals surface area contributed by atoms with Gasteiger partial charge in [0.25, 0.3) is 20.2 Å². The molecule has 0 fully saturated rings. The molecule has 2 rings (SSSR count). The fourth-order valence-corrected chi connectivity index (χ4v) is 4.37. The lowest BCUT2D eigenvalue weighted by atomic mass is 10.1. The Hall–Kier alpha value is -2.24. The van der Waals surface area contributed by atoms with Crippen molar-refractivity contribution in [2.24, 2.45) is 0 Å². The van der Waals surface area contributed by atoms with Gasteiger partial charge in [0.2, 0.25) is 16.0 Å². The van der Waals surface area contributed by atoms with Gasteiger partial charge in [-0.05, 0) is 30.2 Å². The van der Waals surface area contributed by atoms with Gasteiger partial charge in [0, 0.05) is 33.5 Å². The summed E-state index contributed by atoms with van der Waals surface area (Å²) in [5.74, 6) is 0.612. The first-order valence-corrected chi connectivity index (χ1v) is 15.8. The lowest BCUT2D eigenvalue weighted by Crippen LogP contribution is -2.23. The maximum Gasteiger partial charge on any atom is 0.294 e. The molecule has 1 heterocycles. The highest BCUT2D eigenvalue weighted by atomic mass is 32.2. The van der Waals surface area contributed by atoms with E-state index in [2.05, 4.69) is 19.7 Å². The number of benzene rings is 1. The number of hydrogen-bond donors (Lipinski definition) is 3. The average molecular weight is 570 g/mol. The first-order valence-electron chi connectivity index (χ1n) is 11.0. The number of hydrogen-bond acceptors (Lipinski definition) is 10. The van der Waals surface area contributed by atoms with Crippen molar-refractivity contribution < 1.29 is 34.4 Å². The molecule has 36 heavy (non-hydrogen) atoms. The van der Waals surface area contributed by atoms with Gasteiger partial charge in [0.1, 0.15) is 11.6 Å². The molecule has 2 aromatic rings. The van der Waals surface area contributed by atoms with Gasteiger partial charge in [-0.1, -0.05) is 27.7 Å².